The smallest absolute Gasteiger partial charge is 0.133 e. The molecule has 0 unspecified atom stereocenters. The van der Waals surface area contributed by atoms with E-state index in [1.54, 1.807) is 0 Å². The Morgan fingerprint density at radius 3 is 2.76 bits per heavy atom. The summed E-state index contributed by atoms with van der Waals surface area (Å²) >= 11 is 3.59. The summed E-state index contributed by atoms with van der Waals surface area (Å²) in [6.07, 6.45) is 0. The fraction of sp³-hybridized carbons (Fsp3) is 0.625. The van der Waals surface area contributed by atoms with Crippen molar-refractivity contribution in [3.8, 4) is 5.75 Å². The molecule has 21 heavy (non-hydrogen) atoms. The maximum atomic E-state index is 5.87. The maximum Gasteiger partial charge on any atom is 0.133 e. The molecular weight excluding hydrogens is 332 g/mol. The number of halogens is 1. The molecule has 0 atom stereocenters. The zero-order chi connectivity index (χ0) is 15.1. The third-order valence-corrected chi connectivity index (χ3v) is 4.10. The molecule has 0 saturated carbocycles. The molecule has 1 aliphatic heterocycles. The fourth-order valence-electron chi connectivity index (χ4n) is 2.20. The molecule has 1 saturated heterocycles. The highest BCUT2D eigenvalue weighted by molar-refractivity contribution is 9.10. The maximum absolute atomic E-state index is 5.87. The van der Waals surface area contributed by atoms with E-state index in [0.717, 1.165) is 49.6 Å². The van der Waals surface area contributed by atoms with Gasteiger partial charge in [-0.3, -0.25) is 4.90 Å². The Labute approximate surface area is 135 Å². The highest BCUT2D eigenvalue weighted by atomic mass is 79.9. The third-order valence-electron chi connectivity index (χ3n) is 3.48. The van der Waals surface area contributed by atoms with E-state index in [1.807, 2.05) is 6.07 Å². The van der Waals surface area contributed by atoms with Gasteiger partial charge in [-0.2, -0.15) is 0 Å². The zero-order valence-corrected chi connectivity index (χ0v) is 14.5. The molecule has 1 aliphatic rings. The molecular formula is C16H25BrN2O2. The molecule has 5 heteroatoms. The summed E-state index contributed by atoms with van der Waals surface area (Å²) in [5.41, 5.74) is 1.26. The van der Waals surface area contributed by atoms with Gasteiger partial charge in [0.05, 0.1) is 17.7 Å². The first-order valence-corrected chi connectivity index (χ1v) is 8.39. The number of ether oxygens (including phenoxy) is 2. The molecule has 0 aliphatic carbocycles. The quantitative estimate of drug-likeness (QED) is 0.814. The summed E-state index contributed by atoms with van der Waals surface area (Å²) in [5.74, 6) is 0.913. The lowest BCUT2D eigenvalue weighted by Gasteiger charge is -2.26. The van der Waals surface area contributed by atoms with E-state index < -0.39 is 0 Å². The second kappa shape index (κ2) is 8.73. The van der Waals surface area contributed by atoms with E-state index in [-0.39, 0.29) is 0 Å². The Kier molecular flexibility index (Phi) is 6.96. The number of hydrogen-bond acceptors (Lipinski definition) is 4. The van der Waals surface area contributed by atoms with E-state index in [9.17, 15) is 0 Å². The highest BCUT2D eigenvalue weighted by Gasteiger charge is 2.10. The zero-order valence-electron chi connectivity index (χ0n) is 12.9. The van der Waals surface area contributed by atoms with Gasteiger partial charge in [-0.25, -0.2) is 0 Å². The summed E-state index contributed by atoms with van der Waals surface area (Å²) in [7, 11) is 0. The first-order valence-electron chi connectivity index (χ1n) is 7.60. The SMILES string of the molecule is CC(C)NCc1ccc(OCCN2CCOCC2)c(Br)c1. The average molecular weight is 357 g/mol. The van der Waals surface area contributed by atoms with Crippen molar-refractivity contribution in [1.82, 2.24) is 10.2 Å². The van der Waals surface area contributed by atoms with Gasteiger partial charge < -0.3 is 14.8 Å². The molecule has 1 fully saturated rings. The predicted octanol–water partition coefficient (Wildman–Crippen LogP) is 2.66. The summed E-state index contributed by atoms with van der Waals surface area (Å²) in [4.78, 5) is 2.37. The first kappa shape index (κ1) is 16.7. The van der Waals surface area contributed by atoms with Gasteiger partial charge in [0.2, 0.25) is 0 Å². The van der Waals surface area contributed by atoms with Crippen molar-refractivity contribution < 1.29 is 9.47 Å². The lowest BCUT2D eigenvalue weighted by atomic mass is 10.2. The van der Waals surface area contributed by atoms with Crippen molar-refractivity contribution in [3.63, 3.8) is 0 Å². The minimum absolute atomic E-state index is 0.494. The van der Waals surface area contributed by atoms with Crippen LogP contribution in [0.1, 0.15) is 19.4 Å². The molecule has 2 rings (SSSR count). The van der Waals surface area contributed by atoms with Crippen LogP contribution < -0.4 is 10.1 Å². The lowest BCUT2D eigenvalue weighted by Crippen LogP contribution is -2.38. The minimum atomic E-state index is 0.494. The van der Waals surface area contributed by atoms with Gasteiger partial charge in [-0.15, -0.1) is 0 Å². The van der Waals surface area contributed by atoms with Crippen LogP contribution in [-0.2, 0) is 11.3 Å². The normalized spacial score (nSPS) is 16.4. The molecule has 0 amide bonds. The Balaban J connectivity index is 1.77. The van der Waals surface area contributed by atoms with Crippen LogP contribution >= 0.6 is 15.9 Å². The van der Waals surface area contributed by atoms with Gasteiger partial charge >= 0.3 is 0 Å². The molecule has 0 spiro atoms. The van der Waals surface area contributed by atoms with E-state index in [2.05, 4.69) is 52.1 Å². The molecule has 118 valence electrons. The van der Waals surface area contributed by atoms with Crippen LogP contribution in [0.2, 0.25) is 0 Å². The van der Waals surface area contributed by atoms with Gasteiger partial charge in [-0.05, 0) is 33.6 Å². The number of rotatable bonds is 7. The van der Waals surface area contributed by atoms with Crippen LogP contribution in [0.4, 0.5) is 0 Å². The van der Waals surface area contributed by atoms with Crippen molar-refractivity contribution in [2.45, 2.75) is 26.4 Å². The molecule has 1 aromatic rings. The first-order chi connectivity index (χ1) is 10.1. The standard InChI is InChI=1S/C16H25BrN2O2/c1-13(2)18-12-14-3-4-16(15(17)11-14)21-10-7-19-5-8-20-9-6-19/h3-4,11,13,18H,5-10,12H2,1-2H3. The third kappa shape index (κ3) is 5.94. The molecule has 0 aromatic heterocycles. The highest BCUT2D eigenvalue weighted by Crippen LogP contribution is 2.26. The van der Waals surface area contributed by atoms with Gasteiger partial charge in [0.15, 0.2) is 0 Å². The number of nitrogens with one attached hydrogen (secondary N) is 1. The van der Waals surface area contributed by atoms with E-state index in [0.29, 0.717) is 12.6 Å². The molecule has 4 nitrogen and oxygen atoms in total. The van der Waals surface area contributed by atoms with Gasteiger partial charge in [0, 0.05) is 32.2 Å². The van der Waals surface area contributed by atoms with Crippen molar-refractivity contribution in [3.05, 3.63) is 28.2 Å². The molecule has 1 N–H and O–H groups in total. The van der Waals surface area contributed by atoms with Crippen molar-refractivity contribution in [2.24, 2.45) is 0 Å². The van der Waals surface area contributed by atoms with Gasteiger partial charge in [0.25, 0.3) is 0 Å². The van der Waals surface area contributed by atoms with Crippen LogP contribution in [0.25, 0.3) is 0 Å². The Morgan fingerprint density at radius 2 is 2.10 bits per heavy atom. The second-order valence-corrected chi connectivity index (χ2v) is 6.46. The average Bonchev–Trinajstić information content (AvgIpc) is 2.48. The van der Waals surface area contributed by atoms with Crippen LogP contribution in [0.5, 0.6) is 5.75 Å². The molecule has 1 aromatic carbocycles. The van der Waals surface area contributed by atoms with Crippen molar-refractivity contribution >= 4 is 15.9 Å². The second-order valence-electron chi connectivity index (χ2n) is 5.60. The number of hydrogen-bond donors (Lipinski definition) is 1. The topological polar surface area (TPSA) is 33.7 Å². The molecule has 0 bridgehead atoms. The van der Waals surface area contributed by atoms with Crippen LogP contribution in [0.15, 0.2) is 22.7 Å². The monoisotopic (exact) mass is 356 g/mol. The summed E-state index contributed by atoms with van der Waals surface area (Å²) < 4.78 is 12.2. The van der Waals surface area contributed by atoms with E-state index in [1.165, 1.54) is 5.56 Å². The van der Waals surface area contributed by atoms with E-state index in [4.69, 9.17) is 9.47 Å². The molecule has 1 heterocycles. The van der Waals surface area contributed by atoms with Crippen LogP contribution in [0, 0.1) is 0 Å². The van der Waals surface area contributed by atoms with Crippen LogP contribution in [-0.4, -0.2) is 50.4 Å². The fourth-order valence-corrected chi connectivity index (χ4v) is 2.74. The Morgan fingerprint density at radius 1 is 1.33 bits per heavy atom. The Hall–Kier alpha value is -0.620. The van der Waals surface area contributed by atoms with Gasteiger partial charge in [0.1, 0.15) is 12.4 Å². The summed E-state index contributed by atoms with van der Waals surface area (Å²) in [5, 5.41) is 3.41. The number of nitrogens with zero attached hydrogens (tertiary/aromatic N) is 1. The van der Waals surface area contributed by atoms with Crippen LogP contribution in [0.3, 0.4) is 0 Å². The minimum Gasteiger partial charge on any atom is -0.491 e. The number of benzene rings is 1. The summed E-state index contributed by atoms with van der Waals surface area (Å²) in [6.45, 7) is 10.5. The van der Waals surface area contributed by atoms with Gasteiger partial charge in [-0.1, -0.05) is 19.9 Å². The molecule has 0 radical (unpaired) electrons. The largest absolute Gasteiger partial charge is 0.491 e. The lowest BCUT2D eigenvalue weighted by molar-refractivity contribution is 0.0322. The predicted molar refractivity (Wildman–Crippen MR) is 88.9 cm³/mol. The van der Waals surface area contributed by atoms with E-state index >= 15 is 0 Å². The van der Waals surface area contributed by atoms with Crippen molar-refractivity contribution in [2.75, 3.05) is 39.5 Å². The summed E-state index contributed by atoms with van der Waals surface area (Å²) in [6, 6.07) is 6.78. The Bertz CT molecular complexity index is 434. The number of morpholine rings is 1. The van der Waals surface area contributed by atoms with Crippen molar-refractivity contribution in [1.29, 1.82) is 0 Å².